The van der Waals surface area contributed by atoms with Gasteiger partial charge in [-0.1, -0.05) is 26.2 Å². The van der Waals surface area contributed by atoms with Gasteiger partial charge in [-0.15, -0.1) is 11.8 Å². The second-order valence-electron chi connectivity index (χ2n) is 8.41. The normalized spacial score (nSPS) is 23.5. The first-order valence-electron chi connectivity index (χ1n) is 10.4. The van der Waals surface area contributed by atoms with Crippen LogP contribution in [0.25, 0.3) is 0 Å². The van der Waals surface area contributed by atoms with E-state index in [4.69, 9.17) is 0 Å². The highest BCUT2D eigenvalue weighted by molar-refractivity contribution is 8.00. The molecule has 1 aliphatic carbocycles. The Labute approximate surface area is 182 Å². The van der Waals surface area contributed by atoms with Gasteiger partial charge in [0.2, 0.25) is 5.91 Å². The lowest BCUT2D eigenvalue weighted by molar-refractivity contribution is -0.137. The molecule has 3 aliphatic rings. The minimum atomic E-state index is -4.54. The SMILES string of the molecule is CC1CCN(C(=O)CN2C(=O)NC3(CCCCC3)C2=O)c2cc(C(F)(F)F)ccc2S1. The summed E-state index contributed by atoms with van der Waals surface area (Å²) in [6, 6.07) is 2.77. The maximum atomic E-state index is 13.3. The first-order valence-corrected chi connectivity index (χ1v) is 11.3. The number of alkyl halides is 3. The molecule has 0 bridgehead atoms. The number of imide groups is 1. The molecule has 1 aromatic rings. The van der Waals surface area contributed by atoms with Crippen LogP contribution in [0.3, 0.4) is 0 Å². The van der Waals surface area contributed by atoms with Crippen molar-refractivity contribution in [3.8, 4) is 0 Å². The summed E-state index contributed by atoms with van der Waals surface area (Å²) < 4.78 is 39.8. The van der Waals surface area contributed by atoms with E-state index in [2.05, 4.69) is 5.32 Å². The van der Waals surface area contributed by atoms with Gasteiger partial charge < -0.3 is 10.2 Å². The monoisotopic (exact) mass is 455 g/mol. The molecule has 6 nitrogen and oxygen atoms in total. The number of nitrogens with zero attached hydrogens (tertiary/aromatic N) is 2. The molecule has 31 heavy (non-hydrogen) atoms. The first kappa shape index (κ1) is 22.0. The lowest BCUT2D eigenvalue weighted by Gasteiger charge is -2.30. The summed E-state index contributed by atoms with van der Waals surface area (Å²) in [5, 5.41) is 2.87. The number of benzene rings is 1. The van der Waals surface area contributed by atoms with Gasteiger partial charge in [-0.2, -0.15) is 13.2 Å². The van der Waals surface area contributed by atoms with Gasteiger partial charge in [0.1, 0.15) is 12.1 Å². The molecule has 1 atom stereocenters. The second kappa shape index (κ2) is 8.03. The van der Waals surface area contributed by atoms with Crippen LogP contribution in [0.2, 0.25) is 0 Å². The molecule has 1 unspecified atom stereocenters. The number of nitrogens with one attached hydrogen (secondary N) is 1. The Balaban J connectivity index is 1.60. The van der Waals surface area contributed by atoms with Gasteiger partial charge in [-0.25, -0.2) is 4.79 Å². The zero-order chi connectivity index (χ0) is 22.4. The minimum Gasteiger partial charge on any atom is -0.323 e. The van der Waals surface area contributed by atoms with Gasteiger partial charge in [0.05, 0.1) is 11.3 Å². The van der Waals surface area contributed by atoms with Crippen molar-refractivity contribution in [1.82, 2.24) is 10.2 Å². The number of thioether (sulfide) groups is 1. The number of urea groups is 1. The summed E-state index contributed by atoms with van der Waals surface area (Å²) >= 11 is 1.41. The van der Waals surface area contributed by atoms with Crippen molar-refractivity contribution in [2.75, 3.05) is 18.0 Å². The van der Waals surface area contributed by atoms with Crippen molar-refractivity contribution in [1.29, 1.82) is 0 Å². The number of halogens is 3. The summed E-state index contributed by atoms with van der Waals surface area (Å²) in [6.07, 6.45) is -0.242. The fourth-order valence-electron chi connectivity index (χ4n) is 4.50. The van der Waals surface area contributed by atoms with E-state index in [0.717, 1.165) is 36.3 Å². The van der Waals surface area contributed by atoms with E-state index in [1.807, 2.05) is 6.92 Å². The number of anilines is 1. The van der Waals surface area contributed by atoms with Crippen molar-refractivity contribution in [2.45, 2.75) is 67.3 Å². The van der Waals surface area contributed by atoms with Gasteiger partial charge >= 0.3 is 12.2 Å². The Morgan fingerprint density at radius 2 is 1.94 bits per heavy atom. The van der Waals surface area contributed by atoms with Gasteiger partial charge in [0.25, 0.3) is 5.91 Å². The molecule has 2 fully saturated rings. The standard InChI is InChI=1S/C21H24F3N3O3S/c1-13-7-10-26(15-11-14(21(22,23)24)5-6-16(15)31-13)17(28)12-27-18(29)20(25-19(27)30)8-3-2-4-9-20/h5-6,11,13H,2-4,7-10,12H2,1H3,(H,25,30). The van der Waals surface area contributed by atoms with Gasteiger partial charge in [-0.05, 0) is 37.5 Å². The molecule has 168 valence electrons. The van der Waals surface area contributed by atoms with Crippen LogP contribution in [0, 0.1) is 0 Å². The van der Waals surface area contributed by atoms with Crippen LogP contribution < -0.4 is 10.2 Å². The van der Waals surface area contributed by atoms with E-state index < -0.39 is 41.7 Å². The number of rotatable bonds is 2. The fraction of sp³-hybridized carbons (Fsp3) is 0.571. The molecule has 1 aromatic carbocycles. The number of carbonyl (C=O) groups is 3. The van der Waals surface area contributed by atoms with Crippen molar-refractivity contribution >= 4 is 35.3 Å². The maximum absolute atomic E-state index is 13.3. The lowest BCUT2D eigenvalue weighted by Crippen LogP contribution is -2.49. The molecule has 1 N–H and O–H groups in total. The largest absolute Gasteiger partial charge is 0.416 e. The molecule has 0 aromatic heterocycles. The molecular formula is C21H24F3N3O3S. The van der Waals surface area contributed by atoms with Crippen molar-refractivity contribution in [3.63, 3.8) is 0 Å². The molecule has 2 aliphatic heterocycles. The highest BCUT2D eigenvalue weighted by Gasteiger charge is 2.52. The fourth-order valence-corrected chi connectivity index (χ4v) is 5.60. The van der Waals surface area contributed by atoms with Gasteiger partial charge in [-0.3, -0.25) is 14.5 Å². The van der Waals surface area contributed by atoms with E-state index in [1.54, 1.807) is 0 Å². The molecule has 1 spiro atoms. The molecule has 1 saturated carbocycles. The molecule has 4 rings (SSSR count). The molecule has 0 radical (unpaired) electrons. The smallest absolute Gasteiger partial charge is 0.323 e. The average Bonchev–Trinajstić information content (AvgIpc) is 2.84. The third-order valence-corrected chi connectivity index (χ3v) is 7.45. The Morgan fingerprint density at radius 3 is 2.61 bits per heavy atom. The summed E-state index contributed by atoms with van der Waals surface area (Å²) in [5.74, 6) is -0.973. The molecule has 4 amide bonds. The highest BCUT2D eigenvalue weighted by Crippen LogP contribution is 2.41. The van der Waals surface area contributed by atoms with E-state index in [-0.39, 0.29) is 17.5 Å². The van der Waals surface area contributed by atoms with Crippen LogP contribution in [0.5, 0.6) is 0 Å². The molecule has 1 saturated heterocycles. The molecule has 10 heteroatoms. The Hall–Kier alpha value is -2.23. The van der Waals surface area contributed by atoms with Crippen LogP contribution in [0.1, 0.15) is 51.0 Å². The van der Waals surface area contributed by atoms with Crippen LogP contribution in [-0.4, -0.2) is 46.6 Å². The number of hydrogen-bond donors (Lipinski definition) is 1. The number of amides is 4. The van der Waals surface area contributed by atoms with Crippen LogP contribution >= 0.6 is 11.8 Å². The van der Waals surface area contributed by atoms with Crippen LogP contribution in [0.15, 0.2) is 23.1 Å². The van der Waals surface area contributed by atoms with Crippen molar-refractivity contribution in [3.05, 3.63) is 23.8 Å². The quantitative estimate of drug-likeness (QED) is 0.680. The summed E-state index contributed by atoms with van der Waals surface area (Å²) in [4.78, 5) is 41.4. The predicted octanol–water partition coefficient (Wildman–Crippen LogP) is 4.18. The zero-order valence-electron chi connectivity index (χ0n) is 17.1. The van der Waals surface area contributed by atoms with Crippen LogP contribution in [-0.2, 0) is 15.8 Å². The molecular weight excluding hydrogens is 431 g/mol. The average molecular weight is 456 g/mol. The van der Waals surface area contributed by atoms with E-state index >= 15 is 0 Å². The lowest BCUT2D eigenvalue weighted by atomic mass is 9.82. The topological polar surface area (TPSA) is 69.7 Å². The van der Waals surface area contributed by atoms with Gasteiger partial charge in [0, 0.05) is 16.7 Å². The predicted molar refractivity (Wildman–Crippen MR) is 110 cm³/mol. The van der Waals surface area contributed by atoms with E-state index in [0.29, 0.717) is 24.2 Å². The van der Waals surface area contributed by atoms with Crippen LogP contribution in [0.4, 0.5) is 23.7 Å². The summed E-state index contributed by atoms with van der Waals surface area (Å²) in [6.45, 7) is 1.68. The van der Waals surface area contributed by atoms with Gasteiger partial charge in [0.15, 0.2) is 0 Å². The van der Waals surface area contributed by atoms with Crippen molar-refractivity contribution in [2.24, 2.45) is 0 Å². The maximum Gasteiger partial charge on any atom is 0.416 e. The number of hydrogen-bond acceptors (Lipinski definition) is 4. The molecule has 2 heterocycles. The van der Waals surface area contributed by atoms with E-state index in [9.17, 15) is 27.6 Å². The first-order chi connectivity index (χ1) is 14.6. The zero-order valence-corrected chi connectivity index (χ0v) is 17.9. The van der Waals surface area contributed by atoms with E-state index in [1.165, 1.54) is 22.7 Å². The highest BCUT2D eigenvalue weighted by atomic mass is 32.2. The second-order valence-corrected chi connectivity index (χ2v) is 9.89. The number of fused-ring (bicyclic) bond motifs is 1. The van der Waals surface area contributed by atoms with Crippen molar-refractivity contribution < 1.29 is 27.6 Å². The Bertz CT molecular complexity index is 915. The summed E-state index contributed by atoms with van der Waals surface area (Å²) in [7, 11) is 0. The number of carbonyl (C=O) groups excluding carboxylic acids is 3. The minimum absolute atomic E-state index is 0.107. The third kappa shape index (κ3) is 4.14. The third-order valence-electron chi connectivity index (χ3n) is 6.21. The Morgan fingerprint density at radius 1 is 1.23 bits per heavy atom. The Kier molecular flexibility index (Phi) is 5.70. The summed E-state index contributed by atoms with van der Waals surface area (Å²) in [5.41, 5.74) is -1.61.